The lowest BCUT2D eigenvalue weighted by Crippen LogP contribution is -2.36. The minimum atomic E-state index is -0.135. The van der Waals surface area contributed by atoms with Crippen molar-refractivity contribution in [3.63, 3.8) is 0 Å². The Morgan fingerprint density at radius 2 is 1.75 bits per heavy atom. The van der Waals surface area contributed by atoms with Crippen LogP contribution < -0.4 is 5.32 Å². The fraction of sp³-hybridized carbons (Fsp3) is 0.333. The van der Waals surface area contributed by atoms with Gasteiger partial charge in [0.15, 0.2) is 0 Å². The van der Waals surface area contributed by atoms with Gasteiger partial charge in [-0.15, -0.1) is 11.8 Å². The van der Waals surface area contributed by atoms with Crippen LogP contribution in [0.5, 0.6) is 0 Å². The van der Waals surface area contributed by atoms with E-state index in [-0.39, 0.29) is 17.6 Å². The third-order valence-electron chi connectivity index (χ3n) is 4.56. The van der Waals surface area contributed by atoms with Gasteiger partial charge in [-0.05, 0) is 49.1 Å². The topological polar surface area (TPSA) is 49.4 Å². The van der Waals surface area contributed by atoms with Crippen molar-refractivity contribution < 1.29 is 9.59 Å². The second kappa shape index (κ2) is 10.2. The second-order valence-electron chi connectivity index (χ2n) is 6.69. The van der Waals surface area contributed by atoms with Crippen molar-refractivity contribution in [3.05, 3.63) is 63.6 Å². The fourth-order valence-electron chi connectivity index (χ4n) is 3.12. The summed E-state index contributed by atoms with van der Waals surface area (Å²) in [6, 6.07) is 12.7. The van der Waals surface area contributed by atoms with Crippen LogP contribution in [-0.2, 0) is 10.5 Å². The molecule has 0 atom stereocenters. The van der Waals surface area contributed by atoms with E-state index in [9.17, 15) is 9.59 Å². The smallest absolute Gasteiger partial charge is 0.255 e. The molecule has 4 nitrogen and oxygen atoms in total. The van der Waals surface area contributed by atoms with Crippen LogP contribution in [0.2, 0.25) is 10.0 Å². The maximum Gasteiger partial charge on any atom is 0.255 e. The minimum absolute atomic E-state index is 0.0148. The van der Waals surface area contributed by atoms with E-state index in [1.165, 1.54) is 11.8 Å². The van der Waals surface area contributed by atoms with Crippen LogP contribution in [0.3, 0.4) is 0 Å². The SMILES string of the molecule is O=C(CSCc1ccc(Cl)c(Cl)c1)Nc1ccccc1C(=O)N1CCCCC1. The Morgan fingerprint density at radius 1 is 1.00 bits per heavy atom. The molecule has 0 spiro atoms. The van der Waals surface area contributed by atoms with E-state index >= 15 is 0 Å². The average molecular weight is 437 g/mol. The molecule has 3 rings (SSSR count). The fourth-order valence-corrected chi connectivity index (χ4v) is 4.22. The first kappa shape index (κ1) is 21.0. The summed E-state index contributed by atoms with van der Waals surface area (Å²) in [5, 5.41) is 3.91. The number of nitrogens with one attached hydrogen (secondary N) is 1. The van der Waals surface area contributed by atoms with E-state index in [0.717, 1.165) is 37.9 Å². The van der Waals surface area contributed by atoms with Crippen molar-refractivity contribution >= 4 is 52.5 Å². The molecule has 1 fully saturated rings. The first-order valence-corrected chi connectivity index (χ1v) is 11.2. The molecule has 0 saturated carbocycles. The van der Waals surface area contributed by atoms with Crippen LogP contribution in [0.15, 0.2) is 42.5 Å². The van der Waals surface area contributed by atoms with Crippen LogP contribution in [0, 0.1) is 0 Å². The Balaban J connectivity index is 1.56. The molecule has 0 bridgehead atoms. The number of anilines is 1. The van der Waals surface area contributed by atoms with Gasteiger partial charge in [0.25, 0.3) is 5.91 Å². The number of amides is 2. The van der Waals surface area contributed by atoms with E-state index in [4.69, 9.17) is 23.2 Å². The quantitative estimate of drug-likeness (QED) is 0.650. The van der Waals surface area contributed by atoms with Crippen molar-refractivity contribution in [2.75, 3.05) is 24.2 Å². The lowest BCUT2D eigenvalue weighted by Gasteiger charge is -2.27. The van der Waals surface area contributed by atoms with Gasteiger partial charge in [-0.3, -0.25) is 9.59 Å². The van der Waals surface area contributed by atoms with Gasteiger partial charge in [0.1, 0.15) is 0 Å². The highest BCUT2D eigenvalue weighted by atomic mass is 35.5. The number of rotatable bonds is 6. The predicted molar refractivity (Wildman–Crippen MR) is 117 cm³/mol. The number of nitrogens with zero attached hydrogens (tertiary/aromatic N) is 1. The zero-order chi connectivity index (χ0) is 19.9. The number of hydrogen-bond donors (Lipinski definition) is 1. The molecule has 0 aromatic heterocycles. The Labute approximate surface area is 179 Å². The number of benzene rings is 2. The molecule has 0 radical (unpaired) electrons. The van der Waals surface area contributed by atoms with E-state index in [1.54, 1.807) is 24.3 Å². The van der Waals surface area contributed by atoms with E-state index in [0.29, 0.717) is 27.0 Å². The van der Waals surface area contributed by atoms with Crippen molar-refractivity contribution in [2.45, 2.75) is 25.0 Å². The summed E-state index contributed by atoms with van der Waals surface area (Å²) in [7, 11) is 0. The minimum Gasteiger partial charge on any atom is -0.339 e. The van der Waals surface area contributed by atoms with Crippen LogP contribution in [-0.4, -0.2) is 35.6 Å². The summed E-state index contributed by atoms with van der Waals surface area (Å²) in [4.78, 5) is 27.0. The molecule has 1 saturated heterocycles. The Bertz CT molecular complexity index is 854. The third-order valence-corrected chi connectivity index (χ3v) is 6.30. The predicted octanol–water partition coefficient (Wildman–Crippen LogP) is 5.49. The highest BCUT2D eigenvalue weighted by Gasteiger charge is 2.21. The summed E-state index contributed by atoms with van der Waals surface area (Å²) >= 11 is 13.4. The van der Waals surface area contributed by atoms with Gasteiger partial charge in [-0.25, -0.2) is 0 Å². The number of likely N-dealkylation sites (tertiary alicyclic amines) is 1. The van der Waals surface area contributed by atoms with Crippen molar-refractivity contribution in [1.29, 1.82) is 0 Å². The van der Waals surface area contributed by atoms with Crippen molar-refractivity contribution in [2.24, 2.45) is 0 Å². The number of hydrogen-bond acceptors (Lipinski definition) is 3. The molecule has 1 heterocycles. The normalized spacial score (nSPS) is 14.0. The van der Waals surface area contributed by atoms with Crippen LogP contribution in [0.4, 0.5) is 5.69 Å². The molecule has 0 aliphatic carbocycles. The molecule has 28 heavy (non-hydrogen) atoms. The van der Waals surface area contributed by atoms with E-state index < -0.39 is 0 Å². The average Bonchev–Trinajstić information content (AvgIpc) is 2.71. The standard InChI is InChI=1S/C21H22Cl2N2O2S/c22-17-9-8-15(12-18(17)23)13-28-14-20(26)24-19-7-3-2-6-16(19)21(27)25-10-4-1-5-11-25/h2-3,6-9,12H,1,4-5,10-11,13-14H2,(H,24,26). The molecule has 148 valence electrons. The van der Waals surface area contributed by atoms with Gasteiger partial charge in [-0.2, -0.15) is 0 Å². The monoisotopic (exact) mass is 436 g/mol. The number of thioether (sulfide) groups is 1. The largest absolute Gasteiger partial charge is 0.339 e. The van der Waals surface area contributed by atoms with Gasteiger partial charge in [0.2, 0.25) is 5.91 Å². The summed E-state index contributed by atoms with van der Waals surface area (Å²) in [5.74, 6) is 0.786. The maximum absolute atomic E-state index is 12.8. The third kappa shape index (κ3) is 5.66. The van der Waals surface area contributed by atoms with E-state index in [2.05, 4.69) is 5.32 Å². The maximum atomic E-state index is 12.8. The Kier molecular flexibility index (Phi) is 7.65. The number of halogens is 2. The number of carbonyl (C=O) groups excluding carboxylic acids is 2. The highest BCUT2D eigenvalue weighted by Crippen LogP contribution is 2.25. The Morgan fingerprint density at radius 3 is 2.50 bits per heavy atom. The molecule has 2 amide bonds. The van der Waals surface area contributed by atoms with Gasteiger partial charge < -0.3 is 10.2 Å². The summed E-state index contributed by atoms with van der Waals surface area (Å²) in [6.07, 6.45) is 3.23. The van der Waals surface area contributed by atoms with Gasteiger partial charge >= 0.3 is 0 Å². The molecule has 1 aliphatic heterocycles. The number of piperidine rings is 1. The van der Waals surface area contributed by atoms with Gasteiger partial charge in [0, 0.05) is 18.8 Å². The van der Waals surface area contributed by atoms with Gasteiger partial charge in [0.05, 0.1) is 27.0 Å². The summed E-state index contributed by atoms with van der Waals surface area (Å²) < 4.78 is 0. The molecule has 2 aromatic rings. The highest BCUT2D eigenvalue weighted by molar-refractivity contribution is 7.99. The molecular formula is C21H22Cl2N2O2S. The zero-order valence-electron chi connectivity index (χ0n) is 15.4. The molecular weight excluding hydrogens is 415 g/mol. The molecule has 0 unspecified atom stereocenters. The number of para-hydroxylation sites is 1. The van der Waals surface area contributed by atoms with E-state index in [1.807, 2.05) is 23.1 Å². The zero-order valence-corrected chi connectivity index (χ0v) is 17.7. The van der Waals surface area contributed by atoms with Crippen LogP contribution >= 0.6 is 35.0 Å². The van der Waals surface area contributed by atoms with Gasteiger partial charge in [-0.1, -0.05) is 41.4 Å². The molecule has 1 aliphatic rings. The number of carbonyl (C=O) groups is 2. The first-order chi connectivity index (χ1) is 13.5. The first-order valence-electron chi connectivity index (χ1n) is 9.24. The van der Waals surface area contributed by atoms with Crippen molar-refractivity contribution in [3.8, 4) is 0 Å². The van der Waals surface area contributed by atoms with Crippen molar-refractivity contribution in [1.82, 2.24) is 4.90 Å². The second-order valence-corrected chi connectivity index (χ2v) is 8.49. The summed E-state index contributed by atoms with van der Waals surface area (Å²) in [5.41, 5.74) is 2.12. The molecule has 2 aromatic carbocycles. The lowest BCUT2D eigenvalue weighted by molar-refractivity contribution is -0.113. The lowest BCUT2D eigenvalue weighted by atomic mass is 10.1. The molecule has 7 heteroatoms. The molecule has 1 N–H and O–H groups in total. The van der Waals surface area contributed by atoms with Crippen LogP contribution in [0.25, 0.3) is 0 Å². The summed E-state index contributed by atoms with van der Waals surface area (Å²) in [6.45, 7) is 1.56. The Hall–Kier alpha value is -1.69. The van der Waals surface area contributed by atoms with Crippen LogP contribution in [0.1, 0.15) is 35.2 Å².